The lowest BCUT2D eigenvalue weighted by Crippen LogP contribution is -2.26. The van der Waals surface area contributed by atoms with Gasteiger partial charge in [-0.05, 0) is 70.6 Å². The fourth-order valence-electron chi connectivity index (χ4n) is 4.74. The molecule has 0 N–H and O–H groups in total. The molecule has 6 rings (SSSR count). The molecule has 8 nitrogen and oxygen atoms in total. The summed E-state index contributed by atoms with van der Waals surface area (Å²) in [4.78, 5) is 44.8. The number of hydrogen-bond acceptors (Lipinski definition) is 5. The van der Waals surface area contributed by atoms with E-state index in [1.54, 1.807) is 23.1 Å². The minimum Gasteiger partial charge on any atom is -0.303 e. The van der Waals surface area contributed by atoms with Crippen LogP contribution in [0.15, 0.2) is 102 Å². The van der Waals surface area contributed by atoms with Crippen LogP contribution in [0.5, 0.6) is 0 Å². The molecule has 1 aliphatic rings. The van der Waals surface area contributed by atoms with Gasteiger partial charge in [-0.3, -0.25) is 24.3 Å². The zero-order valence-corrected chi connectivity index (χ0v) is 22.5. The molecule has 39 heavy (non-hydrogen) atoms. The van der Waals surface area contributed by atoms with Crippen molar-refractivity contribution in [1.82, 2.24) is 9.55 Å². The number of non-ortho nitro benzene ring substituents is 1. The first-order valence-corrected chi connectivity index (χ1v) is 13.1. The second kappa shape index (κ2) is 9.91. The number of benzene rings is 4. The van der Waals surface area contributed by atoms with Crippen molar-refractivity contribution >= 4 is 62.4 Å². The summed E-state index contributed by atoms with van der Waals surface area (Å²) in [7, 11) is 0. The molecule has 1 amide bonds. The van der Waals surface area contributed by atoms with Crippen LogP contribution in [0, 0.1) is 13.7 Å². The third kappa shape index (κ3) is 4.50. The van der Waals surface area contributed by atoms with Gasteiger partial charge in [0.25, 0.3) is 17.2 Å². The Morgan fingerprint density at radius 1 is 0.897 bits per heavy atom. The van der Waals surface area contributed by atoms with Gasteiger partial charge in [-0.15, -0.1) is 0 Å². The van der Waals surface area contributed by atoms with Crippen LogP contribution in [0.4, 0.5) is 11.4 Å². The Kier molecular flexibility index (Phi) is 6.27. The number of para-hydroxylation sites is 1. The van der Waals surface area contributed by atoms with Gasteiger partial charge in [-0.2, -0.15) is 0 Å². The second-order valence-electron chi connectivity index (χ2n) is 9.00. The van der Waals surface area contributed by atoms with Crippen LogP contribution in [0.1, 0.15) is 17.0 Å². The van der Waals surface area contributed by atoms with Crippen molar-refractivity contribution in [2.24, 2.45) is 0 Å². The molecule has 1 aliphatic heterocycles. The fraction of sp³-hybridized carbons (Fsp3) is 0.0333. The maximum atomic E-state index is 13.8. The van der Waals surface area contributed by atoms with E-state index >= 15 is 0 Å². The van der Waals surface area contributed by atoms with Crippen molar-refractivity contribution in [2.45, 2.75) is 6.54 Å². The highest BCUT2D eigenvalue weighted by Crippen LogP contribution is 2.38. The lowest BCUT2D eigenvalue weighted by atomic mass is 10.1. The molecular formula is C30H19IN4O4. The van der Waals surface area contributed by atoms with E-state index in [0.717, 1.165) is 20.4 Å². The van der Waals surface area contributed by atoms with Crippen LogP contribution < -0.4 is 10.5 Å². The first kappa shape index (κ1) is 24.7. The molecule has 0 unspecified atom stereocenters. The Morgan fingerprint density at radius 2 is 1.62 bits per heavy atom. The van der Waals surface area contributed by atoms with Crippen molar-refractivity contribution < 1.29 is 9.72 Å². The number of anilines is 1. The van der Waals surface area contributed by atoms with Crippen LogP contribution in [0.3, 0.4) is 0 Å². The van der Waals surface area contributed by atoms with Gasteiger partial charge in [0.1, 0.15) is 5.82 Å². The summed E-state index contributed by atoms with van der Waals surface area (Å²) >= 11 is 2.13. The van der Waals surface area contributed by atoms with Crippen molar-refractivity contribution in [3.05, 3.63) is 138 Å². The van der Waals surface area contributed by atoms with Gasteiger partial charge in [-0.1, -0.05) is 48.5 Å². The van der Waals surface area contributed by atoms with Gasteiger partial charge in [0.2, 0.25) is 0 Å². The van der Waals surface area contributed by atoms with Crippen LogP contribution >= 0.6 is 22.6 Å². The highest BCUT2D eigenvalue weighted by atomic mass is 127. The maximum Gasteiger partial charge on any atom is 0.269 e. The van der Waals surface area contributed by atoms with E-state index in [2.05, 4.69) is 22.6 Å². The molecule has 0 saturated heterocycles. The first-order valence-electron chi connectivity index (χ1n) is 12.0. The van der Waals surface area contributed by atoms with Gasteiger partial charge >= 0.3 is 0 Å². The summed E-state index contributed by atoms with van der Waals surface area (Å²) in [5.74, 6) is 0.0505. The Morgan fingerprint density at radius 3 is 2.36 bits per heavy atom. The van der Waals surface area contributed by atoms with Crippen molar-refractivity contribution in [3.63, 3.8) is 0 Å². The zero-order chi connectivity index (χ0) is 27.1. The van der Waals surface area contributed by atoms with Crippen LogP contribution in [-0.4, -0.2) is 20.4 Å². The third-order valence-corrected chi connectivity index (χ3v) is 7.26. The van der Waals surface area contributed by atoms with Gasteiger partial charge in [0, 0.05) is 21.3 Å². The lowest BCUT2D eigenvalue weighted by Gasteiger charge is -2.17. The van der Waals surface area contributed by atoms with Gasteiger partial charge < -0.3 is 4.90 Å². The summed E-state index contributed by atoms with van der Waals surface area (Å²) < 4.78 is 2.27. The monoisotopic (exact) mass is 626 g/mol. The molecule has 0 bridgehead atoms. The van der Waals surface area contributed by atoms with Crippen LogP contribution in [0.25, 0.3) is 28.2 Å². The molecule has 1 aromatic heterocycles. The molecule has 0 saturated carbocycles. The standard InChI is InChI=1S/C30H19IN4O4/c31-20-10-15-26-25(16-20)30(37)34(21-11-13-22(14-12-21)35(38)39)28(32-26)17-24-23-8-4-5-9-27(23)33(29(24)36)18-19-6-2-1-3-7-19/h1-17H,18H2/b24-17-. The number of amides is 1. The predicted molar refractivity (Wildman–Crippen MR) is 159 cm³/mol. The highest BCUT2D eigenvalue weighted by molar-refractivity contribution is 14.1. The molecule has 190 valence electrons. The van der Waals surface area contributed by atoms with Crippen molar-refractivity contribution in [2.75, 3.05) is 4.90 Å². The normalized spacial score (nSPS) is 13.7. The average molecular weight is 626 g/mol. The Balaban J connectivity index is 1.55. The largest absolute Gasteiger partial charge is 0.303 e. The molecule has 9 heteroatoms. The molecule has 5 aromatic rings. The van der Waals surface area contributed by atoms with Gasteiger partial charge in [0.05, 0.1) is 39.3 Å². The summed E-state index contributed by atoms with van der Waals surface area (Å²) in [6.07, 6.45) is 1.63. The number of fused-ring (bicyclic) bond motifs is 2. The quantitative estimate of drug-likeness (QED) is 0.103. The molecular weight excluding hydrogens is 607 g/mol. The van der Waals surface area contributed by atoms with Gasteiger partial charge in [-0.25, -0.2) is 4.98 Å². The number of nitro benzene ring substituents is 1. The Bertz CT molecular complexity index is 1860. The summed E-state index contributed by atoms with van der Waals surface area (Å²) in [5.41, 5.74) is 3.39. The molecule has 0 radical (unpaired) electrons. The Labute approximate surface area is 236 Å². The number of nitro groups is 1. The maximum absolute atomic E-state index is 13.8. The smallest absolute Gasteiger partial charge is 0.269 e. The number of hydrogen-bond donors (Lipinski definition) is 0. The minimum atomic E-state index is -0.494. The average Bonchev–Trinajstić information content (AvgIpc) is 3.20. The van der Waals surface area contributed by atoms with Crippen LogP contribution in [-0.2, 0) is 11.3 Å². The number of carbonyl (C=O) groups excluding carboxylic acids is 1. The van der Waals surface area contributed by atoms with E-state index in [4.69, 9.17) is 4.98 Å². The topological polar surface area (TPSA) is 98.3 Å². The Hall–Kier alpha value is -4.64. The summed E-state index contributed by atoms with van der Waals surface area (Å²) in [6, 6.07) is 28.3. The lowest BCUT2D eigenvalue weighted by molar-refractivity contribution is -0.384. The number of nitrogens with zero attached hydrogens (tertiary/aromatic N) is 4. The molecule has 0 fully saturated rings. The van der Waals surface area contributed by atoms with Gasteiger partial charge in [0.15, 0.2) is 0 Å². The summed E-state index contributed by atoms with van der Waals surface area (Å²) in [5, 5.41) is 11.6. The van der Waals surface area contributed by atoms with E-state index in [1.165, 1.54) is 28.8 Å². The molecule has 0 spiro atoms. The number of aromatic nitrogens is 2. The van der Waals surface area contributed by atoms with Crippen LogP contribution in [0.2, 0.25) is 0 Å². The summed E-state index contributed by atoms with van der Waals surface area (Å²) in [6.45, 7) is 0.396. The van der Waals surface area contributed by atoms with E-state index in [-0.39, 0.29) is 23.0 Å². The number of rotatable bonds is 5. The first-order chi connectivity index (χ1) is 18.9. The molecule has 0 atom stereocenters. The zero-order valence-electron chi connectivity index (χ0n) is 20.3. The van der Waals surface area contributed by atoms with E-state index in [0.29, 0.717) is 28.7 Å². The SMILES string of the molecule is O=C1/C(=C\c2nc3ccc(I)cc3c(=O)n2-c2ccc([N+](=O)[O-])cc2)c2ccccc2N1Cc1ccccc1. The second-order valence-corrected chi connectivity index (χ2v) is 10.2. The van der Waals surface area contributed by atoms with E-state index in [1.807, 2.05) is 60.7 Å². The predicted octanol–water partition coefficient (Wildman–Crippen LogP) is 5.99. The third-order valence-electron chi connectivity index (χ3n) is 6.59. The number of halogens is 1. The molecule has 2 heterocycles. The fourth-order valence-corrected chi connectivity index (χ4v) is 5.23. The van der Waals surface area contributed by atoms with Crippen molar-refractivity contribution in [3.8, 4) is 5.69 Å². The van der Waals surface area contributed by atoms with Crippen molar-refractivity contribution in [1.29, 1.82) is 0 Å². The van der Waals surface area contributed by atoms with E-state index in [9.17, 15) is 19.7 Å². The van der Waals surface area contributed by atoms with E-state index < -0.39 is 4.92 Å². The highest BCUT2D eigenvalue weighted by Gasteiger charge is 2.32. The molecule has 4 aromatic carbocycles. The molecule has 0 aliphatic carbocycles. The number of carbonyl (C=O) groups is 1. The minimum absolute atomic E-state index is 0.0912.